The number of nitrogens with zero attached hydrogens (tertiary/aromatic N) is 4. The highest BCUT2D eigenvalue weighted by Crippen LogP contribution is 2.33. The lowest BCUT2D eigenvalue weighted by Gasteiger charge is -2.22. The quantitative estimate of drug-likeness (QED) is 0.763. The smallest absolute Gasteiger partial charge is 0.214 e. The van der Waals surface area contributed by atoms with E-state index in [4.69, 9.17) is 4.74 Å². The van der Waals surface area contributed by atoms with Crippen LogP contribution in [0, 0.1) is 5.92 Å². The first-order chi connectivity index (χ1) is 11.8. The molecule has 0 aromatic carbocycles. The molecule has 2 atom stereocenters. The highest BCUT2D eigenvalue weighted by atomic mass is 32.2. The van der Waals surface area contributed by atoms with Crippen molar-refractivity contribution in [2.24, 2.45) is 5.92 Å². The standard InChI is InChI=1S/C16H24N4O3S2/c1-11(2)13-9-24-16(18-13)15-17-5-6-20(15)14-8-23-7-12(14)10-25(21,22)19(3)4/h5-6,9,11-12,14H,7-8,10H2,1-4H3/t12-,14+/m0/s1. The summed E-state index contributed by atoms with van der Waals surface area (Å²) in [6.45, 7) is 5.14. The molecule has 0 amide bonds. The molecule has 0 spiro atoms. The number of imidazole rings is 1. The minimum absolute atomic E-state index is 0.0568. The fourth-order valence-electron chi connectivity index (χ4n) is 2.87. The van der Waals surface area contributed by atoms with Crippen molar-refractivity contribution in [1.82, 2.24) is 18.8 Å². The number of thiazole rings is 1. The van der Waals surface area contributed by atoms with Crippen molar-refractivity contribution in [1.29, 1.82) is 0 Å². The maximum absolute atomic E-state index is 12.3. The van der Waals surface area contributed by atoms with Gasteiger partial charge in [-0.3, -0.25) is 0 Å². The summed E-state index contributed by atoms with van der Waals surface area (Å²) in [6, 6.07) is -0.0568. The summed E-state index contributed by atoms with van der Waals surface area (Å²) in [4.78, 5) is 9.15. The molecule has 1 aliphatic heterocycles. The maximum atomic E-state index is 12.3. The van der Waals surface area contributed by atoms with E-state index in [1.54, 1.807) is 31.6 Å². The number of sulfonamides is 1. The Labute approximate surface area is 152 Å². The van der Waals surface area contributed by atoms with Crippen LogP contribution >= 0.6 is 11.3 Å². The topological polar surface area (TPSA) is 77.3 Å². The van der Waals surface area contributed by atoms with Crippen molar-refractivity contribution >= 4 is 21.4 Å². The second kappa shape index (κ2) is 7.14. The van der Waals surface area contributed by atoms with Crippen LogP contribution in [0.25, 0.3) is 10.8 Å². The van der Waals surface area contributed by atoms with Crippen LogP contribution in [-0.4, -0.2) is 60.3 Å². The highest BCUT2D eigenvalue weighted by molar-refractivity contribution is 7.89. The number of aromatic nitrogens is 3. The Balaban J connectivity index is 1.88. The third-order valence-electron chi connectivity index (χ3n) is 4.48. The number of hydrogen-bond acceptors (Lipinski definition) is 6. The Hall–Kier alpha value is -1.29. The molecular weight excluding hydrogens is 360 g/mol. The van der Waals surface area contributed by atoms with Gasteiger partial charge in [0.2, 0.25) is 10.0 Å². The van der Waals surface area contributed by atoms with E-state index in [0.717, 1.165) is 16.5 Å². The lowest BCUT2D eigenvalue weighted by molar-refractivity contribution is 0.182. The van der Waals surface area contributed by atoms with E-state index in [1.165, 1.54) is 4.31 Å². The minimum Gasteiger partial charge on any atom is -0.379 e. The van der Waals surface area contributed by atoms with E-state index < -0.39 is 10.0 Å². The molecule has 3 rings (SSSR count). The van der Waals surface area contributed by atoms with Gasteiger partial charge in [-0.05, 0) is 5.92 Å². The molecular formula is C16H24N4O3S2. The molecule has 0 saturated carbocycles. The lowest BCUT2D eigenvalue weighted by Crippen LogP contribution is -2.32. The van der Waals surface area contributed by atoms with Crippen molar-refractivity contribution in [3.63, 3.8) is 0 Å². The molecule has 1 saturated heterocycles. The van der Waals surface area contributed by atoms with E-state index >= 15 is 0 Å². The Bertz CT molecular complexity index is 826. The average Bonchev–Trinajstić information content (AvgIpc) is 3.25. The van der Waals surface area contributed by atoms with Gasteiger partial charge in [0, 0.05) is 37.8 Å². The molecule has 1 aliphatic rings. The fourth-order valence-corrected chi connectivity index (χ4v) is 5.01. The molecule has 0 bridgehead atoms. The monoisotopic (exact) mass is 384 g/mol. The van der Waals surface area contributed by atoms with Gasteiger partial charge in [0.25, 0.3) is 0 Å². The molecule has 7 nitrogen and oxygen atoms in total. The predicted molar refractivity (Wildman–Crippen MR) is 98.2 cm³/mol. The number of hydrogen-bond donors (Lipinski definition) is 0. The fraction of sp³-hybridized carbons (Fsp3) is 0.625. The summed E-state index contributed by atoms with van der Waals surface area (Å²) >= 11 is 1.57. The molecule has 0 radical (unpaired) electrons. The van der Waals surface area contributed by atoms with E-state index in [-0.39, 0.29) is 17.7 Å². The Morgan fingerprint density at radius 3 is 2.80 bits per heavy atom. The molecule has 2 aromatic heterocycles. The van der Waals surface area contributed by atoms with Crippen molar-refractivity contribution in [2.75, 3.05) is 33.1 Å². The maximum Gasteiger partial charge on any atom is 0.214 e. The van der Waals surface area contributed by atoms with E-state index in [2.05, 4.69) is 29.2 Å². The SMILES string of the molecule is CC(C)c1csc(-c2nccn2[C@@H]2COC[C@H]2CS(=O)(=O)N(C)C)n1. The second-order valence-electron chi connectivity index (χ2n) is 6.82. The van der Waals surface area contributed by atoms with Gasteiger partial charge in [-0.1, -0.05) is 13.8 Å². The van der Waals surface area contributed by atoms with Crippen LogP contribution in [0.2, 0.25) is 0 Å². The summed E-state index contributed by atoms with van der Waals surface area (Å²) < 4.78 is 33.4. The van der Waals surface area contributed by atoms with Crippen LogP contribution in [0.5, 0.6) is 0 Å². The predicted octanol–water partition coefficient (Wildman–Crippen LogP) is 2.21. The lowest BCUT2D eigenvalue weighted by atomic mass is 10.1. The first-order valence-corrected chi connectivity index (χ1v) is 10.7. The van der Waals surface area contributed by atoms with E-state index in [0.29, 0.717) is 19.1 Å². The summed E-state index contributed by atoms with van der Waals surface area (Å²) in [6.07, 6.45) is 3.63. The van der Waals surface area contributed by atoms with Gasteiger partial charge in [0.15, 0.2) is 10.8 Å². The van der Waals surface area contributed by atoms with Crippen LogP contribution in [0.3, 0.4) is 0 Å². The second-order valence-corrected chi connectivity index (χ2v) is 9.90. The summed E-state index contributed by atoms with van der Waals surface area (Å²) in [7, 11) is -0.161. The van der Waals surface area contributed by atoms with Crippen LogP contribution in [0.15, 0.2) is 17.8 Å². The zero-order valence-corrected chi connectivity index (χ0v) is 16.5. The van der Waals surface area contributed by atoms with Gasteiger partial charge in [-0.2, -0.15) is 0 Å². The normalized spacial score (nSPS) is 21.5. The summed E-state index contributed by atoms with van der Waals surface area (Å²) in [5.74, 6) is 1.10. The molecule has 138 valence electrons. The van der Waals surface area contributed by atoms with Crippen molar-refractivity contribution in [2.45, 2.75) is 25.8 Å². The number of rotatable bonds is 6. The van der Waals surface area contributed by atoms with Gasteiger partial charge < -0.3 is 9.30 Å². The third kappa shape index (κ3) is 3.79. The largest absolute Gasteiger partial charge is 0.379 e. The Morgan fingerprint density at radius 2 is 2.16 bits per heavy atom. The van der Waals surface area contributed by atoms with Crippen molar-refractivity contribution in [3.05, 3.63) is 23.5 Å². The van der Waals surface area contributed by atoms with Crippen LogP contribution in [0.4, 0.5) is 0 Å². The molecule has 0 unspecified atom stereocenters. The number of ether oxygens (including phenoxy) is 1. The van der Waals surface area contributed by atoms with E-state index in [1.807, 2.05) is 10.8 Å². The third-order valence-corrected chi connectivity index (χ3v) is 7.29. The molecule has 25 heavy (non-hydrogen) atoms. The summed E-state index contributed by atoms with van der Waals surface area (Å²) in [5.41, 5.74) is 1.05. The Morgan fingerprint density at radius 1 is 1.40 bits per heavy atom. The van der Waals surface area contributed by atoms with Gasteiger partial charge in [-0.15, -0.1) is 11.3 Å². The van der Waals surface area contributed by atoms with E-state index in [9.17, 15) is 8.42 Å². The average molecular weight is 385 g/mol. The van der Waals surface area contributed by atoms with Crippen molar-refractivity contribution < 1.29 is 13.2 Å². The Kier molecular flexibility index (Phi) is 5.29. The molecule has 1 fully saturated rings. The molecule has 9 heteroatoms. The zero-order chi connectivity index (χ0) is 18.2. The zero-order valence-electron chi connectivity index (χ0n) is 14.9. The van der Waals surface area contributed by atoms with Gasteiger partial charge in [0.05, 0.1) is 30.7 Å². The first kappa shape index (κ1) is 18.5. The minimum atomic E-state index is -3.28. The van der Waals surface area contributed by atoms with Gasteiger partial charge in [0.1, 0.15) is 0 Å². The van der Waals surface area contributed by atoms with Crippen LogP contribution in [0.1, 0.15) is 31.5 Å². The van der Waals surface area contributed by atoms with Crippen LogP contribution in [-0.2, 0) is 14.8 Å². The van der Waals surface area contributed by atoms with Gasteiger partial charge >= 0.3 is 0 Å². The van der Waals surface area contributed by atoms with Gasteiger partial charge in [-0.25, -0.2) is 22.7 Å². The van der Waals surface area contributed by atoms with Crippen molar-refractivity contribution in [3.8, 4) is 10.8 Å². The summed E-state index contributed by atoms with van der Waals surface area (Å²) in [5, 5.41) is 2.91. The highest BCUT2D eigenvalue weighted by Gasteiger charge is 2.35. The molecule has 3 heterocycles. The first-order valence-electron chi connectivity index (χ1n) is 8.26. The molecule has 0 aliphatic carbocycles. The van der Waals surface area contributed by atoms with Crippen LogP contribution < -0.4 is 0 Å². The molecule has 2 aromatic rings. The molecule has 0 N–H and O–H groups in total.